The van der Waals surface area contributed by atoms with Crippen LogP contribution < -0.4 is 11.1 Å². The number of carbonyl (C=O) groups is 1. The number of nitrogens with two attached hydrogens (primary N) is 1. The van der Waals surface area contributed by atoms with Gasteiger partial charge in [0.1, 0.15) is 0 Å². The van der Waals surface area contributed by atoms with E-state index in [0.29, 0.717) is 25.0 Å². The summed E-state index contributed by atoms with van der Waals surface area (Å²) in [5.74, 6) is 0.311. The minimum absolute atomic E-state index is 0.278. The number of primary amides is 1. The zero-order chi connectivity index (χ0) is 13.6. The first kappa shape index (κ1) is 15.4. The van der Waals surface area contributed by atoms with E-state index in [1.54, 1.807) is 0 Å². The van der Waals surface area contributed by atoms with Crippen LogP contribution in [0.25, 0.3) is 0 Å². The summed E-state index contributed by atoms with van der Waals surface area (Å²) < 4.78 is 5.65. The van der Waals surface area contributed by atoms with Gasteiger partial charge in [0.15, 0.2) is 0 Å². The Hall–Kier alpha value is -0.610. The van der Waals surface area contributed by atoms with E-state index in [2.05, 4.69) is 19.2 Å². The summed E-state index contributed by atoms with van der Waals surface area (Å²) in [6.07, 6.45) is 5.33. The van der Waals surface area contributed by atoms with Gasteiger partial charge in [0.25, 0.3) is 0 Å². The minimum Gasteiger partial charge on any atom is -0.381 e. The Balaban J connectivity index is 2.22. The molecule has 1 aliphatic rings. The summed E-state index contributed by atoms with van der Waals surface area (Å²) in [5, 5.41) is 3.33. The molecule has 0 aromatic heterocycles. The highest BCUT2D eigenvalue weighted by Crippen LogP contribution is 2.24. The number of rotatable bonds is 10. The Labute approximate surface area is 111 Å². The summed E-state index contributed by atoms with van der Waals surface area (Å²) in [6, 6.07) is 0.474. The highest BCUT2D eigenvalue weighted by molar-refractivity contribution is 5.84. The number of ether oxygens (including phenoxy) is 1. The monoisotopic (exact) mass is 256 g/mol. The van der Waals surface area contributed by atoms with E-state index in [1.165, 1.54) is 12.8 Å². The Kier molecular flexibility index (Phi) is 6.09. The van der Waals surface area contributed by atoms with Crippen molar-refractivity contribution in [1.82, 2.24) is 5.32 Å². The second kappa shape index (κ2) is 7.10. The third-order valence-electron chi connectivity index (χ3n) is 3.57. The van der Waals surface area contributed by atoms with Crippen molar-refractivity contribution in [3.05, 3.63) is 0 Å². The van der Waals surface area contributed by atoms with E-state index in [4.69, 9.17) is 10.5 Å². The fourth-order valence-corrected chi connectivity index (χ4v) is 2.08. The van der Waals surface area contributed by atoms with Gasteiger partial charge in [0, 0.05) is 19.3 Å². The molecule has 4 heteroatoms. The molecule has 0 aromatic rings. The zero-order valence-electron chi connectivity index (χ0n) is 12.0. The summed E-state index contributed by atoms with van der Waals surface area (Å²) in [7, 11) is 0. The zero-order valence-corrected chi connectivity index (χ0v) is 12.0. The molecule has 1 fully saturated rings. The molecule has 3 N–H and O–H groups in total. The van der Waals surface area contributed by atoms with Crippen LogP contribution >= 0.6 is 0 Å². The molecular weight excluding hydrogens is 228 g/mol. The highest BCUT2D eigenvalue weighted by Gasteiger charge is 2.36. The lowest BCUT2D eigenvalue weighted by atomic mass is 9.97. The summed E-state index contributed by atoms with van der Waals surface area (Å²) >= 11 is 0. The van der Waals surface area contributed by atoms with Crippen molar-refractivity contribution in [1.29, 1.82) is 0 Å². The molecule has 2 atom stereocenters. The molecule has 0 radical (unpaired) electrons. The summed E-state index contributed by atoms with van der Waals surface area (Å²) in [4.78, 5) is 11.5. The molecule has 2 unspecified atom stereocenters. The molecule has 0 spiro atoms. The minimum atomic E-state index is -0.616. The predicted octanol–water partition coefficient (Wildman–Crippen LogP) is 1.83. The molecule has 1 aliphatic carbocycles. The van der Waals surface area contributed by atoms with Crippen molar-refractivity contribution >= 4 is 5.91 Å². The molecular formula is C14H28N2O2. The average Bonchev–Trinajstić information content (AvgIpc) is 3.08. The third-order valence-corrected chi connectivity index (χ3v) is 3.57. The maximum absolute atomic E-state index is 11.5. The van der Waals surface area contributed by atoms with Crippen LogP contribution in [0.4, 0.5) is 0 Å². The Morgan fingerprint density at radius 2 is 2.22 bits per heavy atom. The van der Waals surface area contributed by atoms with Gasteiger partial charge in [-0.05, 0) is 38.5 Å². The first-order valence-electron chi connectivity index (χ1n) is 7.13. The Bertz CT molecular complexity index is 267. The van der Waals surface area contributed by atoms with Gasteiger partial charge in [-0.15, -0.1) is 0 Å². The standard InChI is InChI=1S/C14H28N2O2/c1-4-5-11(2)10-18-9-8-14(3,13(15)17)16-12-6-7-12/h11-12,16H,4-10H2,1-3H3,(H2,15,17). The molecule has 0 aromatic carbocycles. The molecule has 18 heavy (non-hydrogen) atoms. The topological polar surface area (TPSA) is 64.3 Å². The van der Waals surface area contributed by atoms with Crippen LogP contribution in [0.3, 0.4) is 0 Å². The second-order valence-electron chi connectivity index (χ2n) is 5.83. The van der Waals surface area contributed by atoms with Crippen molar-refractivity contribution in [3.63, 3.8) is 0 Å². The molecule has 1 rings (SSSR count). The van der Waals surface area contributed by atoms with E-state index in [1.807, 2.05) is 6.92 Å². The van der Waals surface area contributed by atoms with Gasteiger partial charge in [-0.2, -0.15) is 0 Å². The number of amides is 1. The van der Waals surface area contributed by atoms with E-state index in [-0.39, 0.29) is 5.91 Å². The van der Waals surface area contributed by atoms with E-state index in [9.17, 15) is 4.79 Å². The van der Waals surface area contributed by atoms with E-state index < -0.39 is 5.54 Å². The largest absolute Gasteiger partial charge is 0.381 e. The Morgan fingerprint density at radius 3 is 2.72 bits per heavy atom. The summed E-state index contributed by atoms with van der Waals surface area (Å²) in [5.41, 5.74) is 4.86. The van der Waals surface area contributed by atoms with Gasteiger partial charge in [0.2, 0.25) is 5.91 Å². The molecule has 1 saturated carbocycles. The second-order valence-corrected chi connectivity index (χ2v) is 5.83. The number of hydrogen-bond acceptors (Lipinski definition) is 3. The predicted molar refractivity (Wildman–Crippen MR) is 73.3 cm³/mol. The maximum atomic E-state index is 11.5. The Morgan fingerprint density at radius 1 is 1.56 bits per heavy atom. The first-order chi connectivity index (χ1) is 8.48. The fraction of sp³-hybridized carbons (Fsp3) is 0.929. The smallest absolute Gasteiger partial charge is 0.237 e. The number of hydrogen-bond donors (Lipinski definition) is 2. The highest BCUT2D eigenvalue weighted by atomic mass is 16.5. The molecule has 0 heterocycles. The lowest BCUT2D eigenvalue weighted by Gasteiger charge is -2.27. The van der Waals surface area contributed by atoms with Crippen LogP contribution in [0, 0.1) is 5.92 Å². The third kappa shape index (κ3) is 5.36. The van der Waals surface area contributed by atoms with Crippen molar-refractivity contribution in [2.24, 2.45) is 11.7 Å². The van der Waals surface area contributed by atoms with Crippen LogP contribution in [-0.2, 0) is 9.53 Å². The molecule has 0 saturated heterocycles. The maximum Gasteiger partial charge on any atom is 0.237 e. The number of nitrogens with one attached hydrogen (secondary N) is 1. The van der Waals surface area contributed by atoms with Crippen LogP contribution in [0.15, 0.2) is 0 Å². The SMILES string of the molecule is CCCC(C)COCCC(C)(NC1CC1)C(N)=O. The van der Waals surface area contributed by atoms with Crippen LogP contribution in [0.2, 0.25) is 0 Å². The van der Waals surface area contributed by atoms with E-state index in [0.717, 1.165) is 19.4 Å². The normalized spacial score (nSPS) is 20.4. The van der Waals surface area contributed by atoms with Gasteiger partial charge in [-0.3, -0.25) is 4.79 Å². The average molecular weight is 256 g/mol. The molecule has 106 valence electrons. The molecule has 1 amide bonds. The van der Waals surface area contributed by atoms with Gasteiger partial charge in [0.05, 0.1) is 5.54 Å². The van der Waals surface area contributed by atoms with Gasteiger partial charge in [-0.25, -0.2) is 0 Å². The lowest BCUT2D eigenvalue weighted by molar-refractivity contribution is -0.124. The quantitative estimate of drug-likeness (QED) is 0.586. The van der Waals surface area contributed by atoms with Crippen molar-refractivity contribution in [2.45, 2.75) is 64.5 Å². The van der Waals surface area contributed by atoms with Crippen LogP contribution in [0.5, 0.6) is 0 Å². The van der Waals surface area contributed by atoms with Crippen molar-refractivity contribution in [2.75, 3.05) is 13.2 Å². The number of carbonyl (C=O) groups excluding carboxylic acids is 1. The van der Waals surface area contributed by atoms with Crippen molar-refractivity contribution < 1.29 is 9.53 Å². The van der Waals surface area contributed by atoms with Crippen molar-refractivity contribution in [3.8, 4) is 0 Å². The van der Waals surface area contributed by atoms with Crippen LogP contribution in [-0.4, -0.2) is 30.7 Å². The first-order valence-corrected chi connectivity index (χ1v) is 7.13. The molecule has 0 aliphatic heterocycles. The van der Waals surface area contributed by atoms with E-state index >= 15 is 0 Å². The molecule has 4 nitrogen and oxygen atoms in total. The lowest BCUT2D eigenvalue weighted by Crippen LogP contribution is -2.54. The van der Waals surface area contributed by atoms with Crippen LogP contribution in [0.1, 0.15) is 52.9 Å². The van der Waals surface area contributed by atoms with Gasteiger partial charge >= 0.3 is 0 Å². The van der Waals surface area contributed by atoms with Gasteiger partial charge < -0.3 is 15.8 Å². The summed E-state index contributed by atoms with van der Waals surface area (Å²) in [6.45, 7) is 7.62. The fourth-order valence-electron chi connectivity index (χ4n) is 2.08. The van der Waals surface area contributed by atoms with Gasteiger partial charge in [-0.1, -0.05) is 20.3 Å². The molecule has 0 bridgehead atoms.